The Labute approximate surface area is 253 Å². The van der Waals surface area contributed by atoms with E-state index in [1.807, 2.05) is 69.3 Å². The summed E-state index contributed by atoms with van der Waals surface area (Å²) in [6.45, 7) is 6.52. The van der Waals surface area contributed by atoms with Crippen LogP contribution in [0.15, 0.2) is 83.2 Å². The second kappa shape index (κ2) is 12.9. The van der Waals surface area contributed by atoms with Crippen LogP contribution in [-0.4, -0.2) is 33.0 Å². The normalized spacial score (nSPS) is 14.3. The zero-order chi connectivity index (χ0) is 28.9. The van der Waals surface area contributed by atoms with E-state index in [0.29, 0.717) is 56.2 Å². The molecular formula is C30H29Cl2N5O3S. The SMILES string of the molecule is CCOc1ccccc1NC(=O)C1=C(C)Nc2nc(SCC)nn2C1c1ccc(OCc2c(Cl)cccc2Cl)cc1. The number of hydrogen-bond acceptors (Lipinski definition) is 7. The topological polar surface area (TPSA) is 90.3 Å². The van der Waals surface area contributed by atoms with Crippen LogP contribution in [0.1, 0.15) is 37.9 Å². The predicted molar refractivity (Wildman–Crippen MR) is 164 cm³/mol. The molecular weight excluding hydrogens is 581 g/mol. The smallest absolute Gasteiger partial charge is 0.255 e. The summed E-state index contributed by atoms with van der Waals surface area (Å²) in [7, 11) is 0. The molecule has 1 aliphatic heterocycles. The number of hydrogen-bond donors (Lipinski definition) is 2. The molecule has 5 rings (SSSR count). The number of carbonyl (C=O) groups is 1. The van der Waals surface area contributed by atoms with Gasteiger partial charge < -0.3 is 20.1 Å². The standard InChI is InChI=1S/C30H29Cl2N5O3S/c1-4-39-25-12-7-6-11-24(25)34-28(38)26-18(3)33-29-35-30(41-5-2)36-37(29)27(26)19-13-15-20(16-14-19)40-17-21-22(31)9-8-10-23(21)32/h6-16,27H,4-5,17H2,1-3H3,(H,34,38)(H,33,35,36). The van der Waals surface area contributed by atoms with Crippen molar-refractivity contribution in [2.24, 2.45) is 0 Å². The quantitative estimate of drug-likeness (QED) is 0.179. The zero-order valence-electron chi connectivity index (χ0n) is 22.8. The van der Waals surface area contributed by atoms with Crippen molar-refractivity contribution < 1.29 is 14.3 Å². The van der Waals surface area contributed by atoms with Gasteiger partial charge in [-0.3, -0.25) is 4.79 Å². The molecule has 0 spiro atoms. The Balaban J connectivity index is 1.46. The van der Waals surface area contributed by atoms with Crippen molar-refractivity contribution in [1.29, 1.82) is 0 Å². The Kier molecular flexibility index (Phi) is 9.07. The molecule has 41 heavy (non-hydrogen) atoms. The van der Waals surface area contributed by atoms with E-state index in [-0.39, 0.29) is 12.5 Å². The maximum Gasteiger partial charge on any atom is 0.255 e. The average molecular weight is 611 g/mol. The van der Waals surface area contributed by atoms with Gasteiger partial charge in [-0.25, -0.2) is 4.68 Å². The summed E-state index contributed by atoms with van der Waals surface area (Å²) in [5.41, 5.74) is 3.35. The number of halogens is 2. The molecule has 1 atom stereocenters. The van der Waals surface area contributed by atoms with Gasteiger partial charge in [-0.05, 0) is 61.6 Å². The maximum atomic E-state index is 13.9. The number of benzene rings is 3. The molecule has 1 aromatic heterocycles. The van der Waals surface area contributed by atoms with Crippen LogP contribution in [-0.2, 0) is 11.4 Å². The Morgan fingerprint density at radius 1 is 1.02 bits per heavy atom. The van der Waals surface area contributed by atoms with Crippen LogP contribution in [0.2, 0.25) is 10.0 Å². The van der Waals surface area contributed by atoms with Crippen LogP contribution in [0.4, 0.5) is 11.6 Å². The summed E-state index contributed by atoms with van der Waals surface area (Å²) in [6, 6.07) is 19.8. The number of anilines is 2. The minimum Gasteiger partial charge on any atom is -0.492 e. The second-order valence-corrected chi connectivity index (χ2v) is 11.1. The molecule has 4 aromatic rings. The number of para-hydroxylation sites is 2. The summed E-state index contributed by atoms with van der Waals surface area (Å²) >= 11 is 14.1. The first-order valence-corrected chi connectivity index (χ1v) is 14.9. The first kappa shape index (κ1) is 28.9. The van der Waals surface area contributed by atoms with Crippen molar-refractivity contribution in [3.63, 3.8) is 0 Å². The van der Waals surface area contributed by atoms with Crippen molar-refractivity contribution in [1.82, 2.24) is 14.8 Å². The van der Waals surface area contributed by atoms with Gasteiger partial charge in [-0.1, -0.05) is 72.2 Å². The summed E-state index contributed by atoms with van der Waals surface area (Å²) < 4.78 is 13.5. The van der Waals surface area contributed by atoms with E-state index in [0.717, 1.165) is 16.9 Å². The number of nitrogens with one attached hydrogen (secondary N) is 2. The Hall–Kier alpha value is -3.66. The van der Waals surface area contributed by atoms with Gasteiger partial charge >= 0.3 is 0 Å². The molecule has 0 bridgehead atoms. The molecule has 0 fully saturated rings. The summed E-state index contributed by atoms with van der Waals surface area (Å²) in [6.07, 6.45) is 0. The third kappa shape index (κ3) is 6.32. The van der Waals surface area contributed by atoms with Crippen LogP contribution in [0.25, 0.3) is 0 Å². The molecule has 8 nitrogen and oxygen atoms in total. The van der Waals surface area contributed by atoms with Crippen molar-refractivity contribution >= 4 is 52.5 Å². The molecule has 2 heterocycles. The van der Waals surface area contributed by atoms with Gasteiger partial charge in [0.25, 0.3) is 5.91 Å². The number of nitrogens with zero attached hydrogens (tertiary/aromatic N) is 3. The van der Waals surface area contributed by atoms with Crippen molar-refractivity contribution in [3.05, 3.63) is 99.2 Å². The van der Waals surface area contributed by atoms with E-state index < -0.39 is 6.04 Å². The van der Waals surface area contributed by atoms with E-state index in [2.05, 4.69) is 15.6 Å². The third-order valence-electron chi connectivity index (χ3n) is 6.43. The van der Waals surface area contributed by atoms with Gasteiger partial charge in [-0.15, -0.1) is 5.10 Å². The summed E-state index contributed by atoms with van der Waals surface area (Å²) in [4.78, 5) is 18.5. The average Bonchev–Trinajstić information content (AvgIpc) is 3.35. The number of aromatic nitrogens is 3. The highest BCUT2D eigenvalue weighted by atomic mass is 35.5. The Morgan fingerprint density at radius 3 is 2.46 bits per heavy atom. The number of rotatable bonds is 10. The lowest BCUT2D eigenvalue weighted by atomic mass is 9.95. The first-order valence-electron chi connectivity index (χ1n) is 13.2. The molecule has 0 saturated carbocycles. The van der Waals surface area contributed by atoms with Crippen LogP contribution in [0, 0.1) is 0 Å². The van der Waals surface area contributed by atoms with E-state index in [1.54, 1.807) is 22.9 Å². The predicted octanol–water partition coefficient (Wildman–Crippen LogP) is 7.60. The number of allylic oxidation sites excluding steroid dienone is 1. The molecule has 2 N–H and O–H groups in total. The van der Waals surface area contributed by atoms with Gasteiger partial charge in [0.1, 0.15) is 24.1 Å². The highest BCUT2D eigenvalue weighted by Gasteiger charge is 2.34. The lowest BCUT2D eigenvalue weighted by Crippen LogP contribution is -2.31. The number of thioether (sulfide) groups is 1. The van der Waals surface area contributed by atoms with E-state index >= 15 is 0 Å². The largest absolute Gasteiger partial charge is 0.492 e. The fourth-order valence-electron chi connectivity index (χ4n) is 4.54. The molecule has 3 aromatic carbocycles. The van der Waals surface area contributed by atoms with Crippen LogP contribution in [0.5, 0.6) is 11.5 Å². The number of ether oxygens (including phenoxy) is 2. The highest BCUT2D eigenvalue weighted by Crippen LogP contribution is 2.38. The monoisotopic (exact) mass is 609 g/mol. The first-order chi connectivity index (χ1) is 19.9. The summed E-state index contributed by atoms with van der Waals surface area (Å²) in [5, 5.41) is 12.8. The molecule has 1 aliphatic rings. The molecule has 11 heteroatoms. The van der Waals surface area contributed by atoms with Crippen molar-refractivity contribution in [3.8, 4) is 11.5 Å². The zero-order valence-corrected chi connectivity index (χ0v) is 25.1. The second-order valence-electron chi connectivity index (χ2n) is 9.10. The van der Waals surface area contributed by atoms with E-state index in [4.69, 9.17) is 37.8 Å². The minimum atomic E-state index is -0.531. The molecule has 0 saturated heterocycles. The van der Waals surface area contributed by atoms with Crippen LogP contribution in [0.3, 0.4) is 0 Å². The lowest BCUT2D eigenvalue weighted by Gasteiger charge is -2.29. The van der Waals surface area contributed by atoms with Crippen LogP contribution < -0.4 is 20.1 Å². The van der Waals surface area contributed by atoms with Crippen LogP contribution >= 0.6 is 35.0 Å². The van der Waals surface area contributed by atoms with Gasteiger partial charge in [0.15, 0.2) is 0 Å². The Morgan fingerprint density at radius 2 is 1.76 bits per heavy atom. The fourth-order valence-corrected chi connectivity index (χ4v) is 5.60. The lowest BCUT2D eigenvalue weighted by molar-refractivity contribution is -0.113. The van der Waals surface area contributed by atoms with Gasteiger partial charge in [0, 0.05) is 21.3 Å². The highest BCUT2D eigenvalue weighted by molar-refractivity contribution is 7.99. The minimum absolute atomic E-state index is 0.224. The molecule has 212 valence electrons. The molecule has 1 amide bonds. The fraction of sp³-hybridized carbons (Fsp3) is 0.233. The molecule has 0 aliphatic carbocycles. The van der Waals surface area contributed by atoms with E-state index in [1.165, 1.54) is 11.8 Å². The van der Waals surface area contributed by atoms with Crippen molar-refractivity contribution in [2.75, 3.05) is 23.0 Å². The molecule has 0 radical (unpaired) electrons. The maximum absolute atomic E-state index is 13.9. The van der Waals surface area contributed by atoms with Gasteiger partial charge in [0.2, 0.25) is 11.1 Å². The molecule has 1 unspecified atom stereocenters. The number of fused-ring (bicyclic) bond motifs is 1. The third-order valence-corrected chi connectivity index (χ3v) is 7.86. The number of amides is 1. The Bertz CT molecular complexity index is 1570. The van der Waals surface area contributed by atoms with E-state index in [9.17, 15) is 4.79 Å². The summed E-state index contributed by atoms with van der Waals surface area (Å²) in [5.74, 6) is 2.36. The van der Waals surface area contributed by atoms with Gasteiger partial charge in [0.05, 0.1) is 17.9 Å². The van der Waals surface area contributed by atoms with Crippen molar-refractivity contribution in [2.45, 2.75) is 38.6 Å². The van der Waals surface area contributed by atoms with Gasteiger partial charge in [-0.2, -0.15) is 4.98 Å². The number of carbonyl (C=O) groups excluding carboxylic acids is 1.